The normalized spacial score (nSPS) is 24.9. The lowest BCUT2D eigenvalue weighted by atomic mass is 9.63. The zero-order chi connectivity index (χ0) is 14.1. The van der Waals surface area contributed by atoms with Crippen molar-refractivity contribution in [1.82, 2.24) is 0 Å². The third-order valence-corrected chi connectivity index (χ3v) is 4.06. The zero-order valence-corrected chi connectivity index (χ0v) is 11.7. The molecule has 0 aliphatic heterocycles. The van der Waals surface area contributed by atoms with Crippen LogP contribution in [0.1, 0.15) is 32.8 Å². The van der Waals surface area contributed by atoms with Gasteiger partial charge in [0.25, 0.3) is 0 Å². The predicted molar refractivity (Wildman–Crippen MR) is 76.6 cm³/mol. The molecule has 0 saturated heterocycles. The molecule has 0 radical (unpaired) electrons. The molecule has 1 aliphatic carbocycles. The molecule has 0 aromatic heterocycles. The van der Waals surface area contributed by atoms with Gasteiger partial charge in [0.1, 0.15) is 5.60 Å². The third-order valence-electron chi connectivity index (χ3n) is 4.06. The number of carbonyl (C=O) groups is 1. The van der Waals surface area contributed by atoms with E-state index in [1.807, 2.05) is 57.2 Å². The van der Waals surface area contributed by atoms with E-state index in [1.54, 1.807) is 12.2 Å². The van der Waals surface area contributed by atoms with E-state index in [2.05, 4.69) is 0 Å². The lowest BCUT2D eigenvalue weighted by molar-refractivity contribution is -0.118. The summed E-state index contributed by atoms with van der Waals surface area (Å²) >= 11 is 0. The van der Waals surface area contributed by atoms with Gasteiger partial charge in [0.2, 0.25) is 0 Å². The van der Waals surface area contributed by atoms with Crippen LogP contribution >= 0.6 is 0 Å². The lowest BCUT2D eigenvalue weighted by Gasteiger charge is -2.44. The second kappa shape index (κ2) is 4.78. The third kappa shape index (κ3) is 2.06. The van der Waals surface area contributed by atoms with E-state index in [0.717, 1.165) is 5.56 Å². The van der Waals surface area contributed by atoms with Crippen LogP contribution in [-0.4, -0.2) is 10.9 Å². The predicted octanol–water partition coefficient (Wildman–Crippen LogP) is 3.38. The molecule has 0 saturated carbocycles. The Kier molecular flexibility index (Phi) is 3.46. The number of aliphatic hydroxyl groups is 1. The highest BCUT2D eigenvalue weighted by molar-refractivity contribution is 5.97. The van der Waals surface area contributed by atoms with Crippen LogP contribution in [0.3, 0.4) is 0 Å². The molecule has 0 bridgehead atoms. The van der Waals surface area contributed by atoms with Gasteiger partial charge in [-0.2, -0.15) is 0 Å². The van der Waals surface area contributed by atoms with E-state index < -0.39 is 11.0 Å². The molecule has 2 heteroatoms. The fraction of sp³-hybridized carbons (Fsp3) is 0.353. The van der Waals surface area contributed by atoms with Crippen LogP contribution in [0, 0.1) is 5.41 Å². The highest BCUT2D eigenvalue weighted by atomic mass is 16.3. The standard InChI is InChI=1S/C17H20O2/c1-4-15(18)14-11-8-12-17(19,16(14,2)3)13-9-6-5-7-10-13/h5-12,19H,4H2,1-3H3. The van der Waals surface area contributed by atoms with Gasteiger partial charge >= 0.3 is 0 Å². The summed E-state index contributed by atoms with van der Waals surface area (Å²) < 4.78 is 0. The Morgan fingerprint density at radius 1 is 1.21 bits per heavy atom. The van der Waals surface area contributed by atoms with Gasteiger partial charge in [-0.1, -0.05) is 63.3 Å². The molecule has 0 heterocycles. The maximum Gasteiger partial charge on any atom is 0.159 e. The number of allylic oxidation sites excluding steroid dienone is 2. The van der Waals surface area contributed by atoms with Gasteiger partial charge in [-0.3, -0.25) is 4.79 Å². The van der Waals surface area contributed by atoms with Crippen LogP contribution in [0.25, 0.3) is 0 Å². The first kappa shape index (κ1) is 13.8. The second-order valence-electron chi connectivity index (χ2n) is 5.47. The average Bonchev–Trinajstić information content (AvgIpc) is 2.42. The smallest absolute Gasteiger partial charge is 0.159 e. The fourth-order valence-electron chi connectivity index (χ4n) is 2.69. The fourth-order valence-corrected chi connectivity index (χ4v) is 2.69. The van der Waals surface area contributed by atoms with Gasteiger partial charge < -0.3 is 5.11 Å². The first-order chi connectivity index (χ1) is 8.93. The molecule has 1 aliphatic rings. The Labute approximate surface area is 114 Å². The number of carbonyl (C=O) groups excluding carboxylic acids is 1. The maximum absolute atomic E-state index is 12.1. The summed E-state index contributed by atoms with van der Waals surface area (Å²) in [6.45, 7) is 5.69. The molecule has 0 amide bonds. The summed E-state index contributed by atoms with van der Waals surface area (Å²) in [5, 5.41) is 11.1. The van der Waals surface area contributed by atoms with Crippen molar-refractivity contribution in [2.45, 2.75) is 32.8 Å². The van der Waals surface area contributed by atoms with Crippen molar-refractivity contribution in [3.63, 3.8) is 0 Å². The Bertz CT molecular complexity index is 538. The SMILES string of the molecule is CCC(=O)C1=CC=CC(O)(c2ccccc2)C1(C)C. The molecule has 19 heavy (non-hydrogen) atoms. The molecule has 2 rings (SSSR count). The Hall–Kier alpha value is -1.67. The van der Waals surface area contributed by atoms with Gasteiger partial charge in [-0.15, -0.1) is 0 Å². The van der Waals surface area contributed by atoms with Crippen molar-refractivity contribution in [1.29, 1.82) is 0 Å². The van der Waals surface area contributed by atoms with Gasteiger partial charge in [0, 0.05) is 17.4 Å². The van der Waals surface area contributed by atoms with E-state index in [9.17, 15) is 9.90 Å². The lowest BCUT2D eigenvalue weighted by Crippen LogP contribution is -2.44. The van der Waals surface area contributed by atoms with E-state index >= 15 is 0 Å². The number of rotatable bonds is 3. The number of hydrogen-bond donors (Lipinski definition) is 1. The van der Waals surface area contributed by atoms with Crippen LogP contribution in [0.2, 0.25) is 0 Å². The van der Waals surface area contributed by atoms with Crippen molar-refractivity contribution < 1.29 is 9.90 Å². The minimum absolute atomic E-state index is 0.0868. The van der Waals surface area contributed by atoms with Crippen LogP contribution < -0.4 is 0 Å². The molecule has 0 spiro atoms. The summed E-state index contributed by atoms with van der Waals surface area (Å²) in [7, 11) is 0. The van der Waals surface area contributed by atoms with E-state index in [1.165, 1.54) is 0 Å². The van der Waals surface area contributed by atoms with Crippen molar-refractivity contribution in [2.75, 3.05) is 0 Å². The van der Waals surface area contributed by atoms with E-state index in [4.69, 9.17) is 0 Å². The van der Waals surface area contributed by atoms with Crippen LogP contribution in [0.15, 0.2) is 54.1 Å². The van der Waals surface area contributed by atoms with Crippen LogP contribution in [-0.2, 0) is 10.4 Å². The van der Waals surface area contributed by atoms with E-state index in [0.29, 0.717) is 12.0 Å². The Morgan fingerprint density at radius 3 is 2.42 bits per heavy atom. The van der Waals surface area contributed by atoms with Crippen molar-refractivity contribution in [3.8, 4) is 0 Å². The summed E-state index contributed by atoms with van der Waals surface area (Å²) in [5.74, 6) is 0.0868. The van der Waals surface area contributed by atoms with Gasteiger partial charge in [0.15, 0.2) is 5.78 Å². The van der Waals surface area contributed by atoms with Gasteiger partial charge in [-0.25, -0.2) is 0 Å². The highest BCUT2D eigenvalue weighted by Gasteiger charge is 2.48. The Balaban J connectivity index is 2.53. The molecule has 100 valence electrons. The summed E-state index contributed by atoms with van der Waals surface area (Å²) in [4.78, 5) is 12.1. The number of hydrogen-bond acceptors (Lipinski definition) is 2. The zero-order valence-electron chi connectivity index (χ0n) is 11.7. The molecule has 1 N–H and O–H groups in total. The topological polar surface area (TPSA) is 37.3 Å². The molecular weight excluding hydrogens is 236 g/mol. The van der Waals surface area contributed by atoms with Crippen LogP contribution in [0.5, 0.6) is 0 Å². The monoisotopic (exact) mass is 256 g/mol. The minimum atomic E-state index is -1.15. The maximum atomic E-state index is 12.1. The number of Topliss-reactive ketones (excluding diaryl/α,β-unsaturated/α-hetero) is 1. The molecule has 1 aromatic carbocycles. The number of ketones is 1. The largest absolute Gasteiger partial charge is 0.380 e. The highest BCUT2D eigenvalue weighted by Crippen LogP contribution is 2.48. The molecule has 1 atom stereocenters. The van der Waals surface area contributed by atoms with Gasteiger partial charge in [-0.05, 0) is 11.6 Å². The van der Waals surface area contributed by atoms with Gasteiger partial charge in [0.05, 0.1) is 0 Å². The van der Waals surface area contributed by atoms with Crippen molar-refractivity contribution in [3.05, 3.63) is 59.7 Å². The minimum Gasteiger partial charge on any atom is -0.380 e. The van der Waals surface area contributed by atoms with Crippen LogP contribution in [0.4, 0.5) is 0 Å². The summed E-state index contributed by atoms with van der Waals surface area (Å²) in [6.07, 6.45) is 5.83. The summed E-state index contributed by atoms with van der Waals surface area (Å²) in [5.41, 5.74) is -0.297. The molecule has 1 unspecified atom stereocenters. The second-order valence-corrected chi connectivity index (χ2v) is 5.47. The summed E-state index contributed by atoms with van der Waals surface area (Å²) in [6, 6.07) is 9.50. The average molecular weight is 256 g/mol. The molecule has 0 fully saturated rings. The first-order valence-corrected chi connectivity index (χ1v) is 6.64. The molecule has 1 aromatic rings. The molecular formula is C17H20O2. The van der Waals surface area contributed by atoms with E-state index in [-0.39, 0.29) is 5.78 Å². The Morgan fingerprint density at radius 2 is 1.84 bits per heavy atom. The van der Waals surface area contributed by atoms with Crippen molar-refractivity contribution in [2.24, 2.45) is 5.41 Å². The quantitative estimate of drug-likeness (QED) is 0.900. The van der Waals surface area contributed by atoms with Crippen molar-refractivity contribution >= 4 is 5.78 Å². The first-order valence-electron chi connectivity index (χ1n) is 6.64. The number of benzene rings is 1. The molecule has 2 nitrogen and oxygen atoms in total.